The van der Waals surface area contributed by atoms with Crippen molar-refractivity contribution < 1.29 is 33.0 Å². The van der Waals surface area contributed by atoms with E-state index in [2.05, 4.69) is 10.6 Å². The fourth-order valence-electron chi connectivity index (χ4n) is 4.32. The first-order valence-electron chi connectivity index (χ1n) is 12.7. The van der Waals surface area contributed by atoms with Crippen LogP contribution in [0.3, 0.4) is 0 Å². The summed E-state index contributed by atoms with van der Waals surface area (Å²) in [6, 6.07) is 15.4. The molecule has 13 heteroatoms. The number of benzene rings is 3. The molecule has 214 valence electrons. The zero-order chi connectivity index (χ0) is 28.9. The second kappa shape index (κ2) is 12.6. The highest BCUT2D eigenvalue weighted by Crippen LogP contribution is 2.31. The highest BCUT2D eigenvalue weighted by atomic mass is 35.5. The molecule has 0 saturated carbocycles. The van der Waals surface area contributed by atoms with Gasteiger partial charge in [0.2, 0.25) is 0 Å². The normalized spacial score (nSPS) is 16.9. The topological polar surface area (TPSA) is 109 Å². The maximum Gasteiger partial charge on any atom is 0.414 e. The van der Waals surface area contributed by atoms with Crippen LogP contribution in [-0.4, -0.2) is 57.0 Å². The lowest BCUT2D eigenvalue weighted by Gasteiger charge is -2.27. The molecule has 2 N–H and O–H groups in total. The molecule has 2 saturated heterocycles. The first-order valence-corrected chi connectivity index (χ1v) is 13.4. The van der Waals surface area contributed by atoms with E-state index >= 15 is 0 Å². The van der Waals surface area contributed by atoms with Gasteiger partial charge < -0.3 is 29.7 Å². The average molecular weight is 603 g/mol. The zero-order valence-corrected chi connectivity index (χ0v) is 23.1. The molecule has 3 aromatic carbocycles. The third-order valence-corrected chi connectivity index (χ3v) is 6.94. The van der Waals surface area contributed by atoms with Crippen molar-refractivity contribution in [1.82, 2.24) is 10.6 Å². The standard InChI is InChI=1S/C28H25Cl2FN4O6/c29-18-2-1-17(25(11-18)40-21-7-8-24(31)23(30)12-21)13-32-27(37)33-14-22-15-35(28(38)41-22)20-5-3-19(4-6-20)34-9-10-39-16-26(34)36/h1-8,11-12,22H,9-10,13-16H2,(H2,32,33,37)/t22-/m0/s1. The van der Waals surface area contributed by atoms with E-state index in [9.17, 15) is 18.8 Å². The first-order chi connectivity index (χ1) is 19.8. The smallest absolute Gasteiger partial charge is 0.414 e. The van der Waals surface area contributed by atoms with Gasteiger partial charge in [0.25, 0.3) is 5.91 Å². The van der Waals surface area contributed by atoms with Crippen molar-refractivity contribution in [3.63, 3.8) is 0 Å². The van der Waals surface area contributed by atoms with E-state index in [4.69, 9.17) is 37.4 Å². The van der Waals surface area contributed by atoms with Crippen molar-refractivity contribution in [3.05, 3.63) is 82.1 Å². The molecule has 2 heterocycles. The number of rotatable bonds is 8. The average Bonchev–Trinajstić information content (AvgIpc) is 3.34. The molecular weight excluding hydrogens is 578 g/mol. The fourth-order valence-corrected chi connectivity index (χ4v) is 4.66. The van der Waals surface area contributed by atoms with E-state index in [0.29, 0.717) is 40.9 Å². The number of cyclic esters (lactones) is 1. The van der Waals surface area contributed by atoms with Crippen LogP contribution in [0.25, 0.3) is 0 Å². The third-order valence-electron chi connectivity index (χ3n) is 6.41. The summed E-state index contributed by atoms with van der Waals surface area (Å²) in [6.07, 6.45) is -1.09. The molecule has 5 rings (SSSR count). The van der Waals surface area contributed by atoms with Crippen LogP contribution in [-0.2, 0) is 20.8 Å². The van der Waals surface area contributed by atoms with Crippen LogP contribution < -0.4 is 25.2 Å². The Morgan fingerprint density at radius 3 is 2.49 bits per heavy atom. The van der Waals surface area contributed by atoms with Gasteiger partial charge in [-0.2, -0.15) is 0 Å². The first kappa shape index (κ1) is 28.5. The molecule has 0 bridgehead atoms. The number of morpholine rings is 1. The number of hydrogen-bond donors (Lipinski definition) is 2. The van der Waals surface area contributed by atoms with Crippen LogP contribution in [0.4, 0.5) is 25.4 Å². The SMILES string of the molecule is O=C(NCc1ccc(Cl)cc1Oc1ccc(F)c(Cl)c1)NC[C@H]1CN(c2ccc(N3CCOCC3=O)cc2)C(=O)O1. The molecule has 2 aliphatic rings. The molecule has 2 fully saturated rings. The summed E-state index contributed by atoms with van der Waals surface area (Å²) in [7, 11) is 0. The molecule has 0 unspecified atom stereocenters. The maximum atomic E-state index is 13.5. The molecule has 10 nitrogen and oxygen atoms in total. The van der Waals surface area contributed by atoms with Crippen molar-refractivity contribution in [2.75, 3.05) is 42.6 Å². The van der Waals surface area contributed by atoms with Crippen molar-refractivity contribution >= 4 is 52.6 Å². The lowest BCUT2D eigenvalue weighted by Crippen LogP contribution is -2.41. The van der Waals surface area contributed by atoms with Gasteiger partial charge >= 0.3 is 12.1 Å². The second-order valence-corrected chi connectivity index (χ2v) is 10.1. The Morgan fingerprint density at radius 2 is 1.76 bits per heavy atom. The fraction of sp³-hybridized carbons (Fsp3) is 0.250. The van der Waals surface area contributed by atoms with Crippen molar-refractivity contribution in [2.24, 2.45) is 0 Å². The Bertz CT molecular complexity index is 1460. The summed E-state index contributed by atoms with van der Waals surface area (Å²) < 4.78 is 29.9. The van der Waals surface area contributed by atoms with Gasteiger partial charge in [-0.05, 0) is 48.5 Å². The zero-order valence-electron chi connectivity index (χ0n) is 21.6. The molecule has 0 aliphatic carbocycles. The number of carbonyl (C=O) groups is 3. The Kier molecular flexibility index (Phi) is 8.77. The molecular formula is C28H25Cl2FN4O6. The third kappa shape index (κ3) is 6.99. The molecule has 3 aromatic rings. The number of amides is 4. The molecule has 1 atom stereocenters. The van der Waals surface area contributed by atoms with Crippen LogP contribution in [0.2, 0.25) is 10.0 Å². The lowest BCUT2D eigenvalue weighted by molar-refractivity contribution is -0.125. The Balaban J connectivity index is 1.12. The summed E-state index contributed by atoms with van der Waals surface area (Å²) in [4.78, 5) is 40.1. The highest BCUT2D eigenvalue weighted by Gasteiger charge is 2.32. The van der Waals surface area contributed by atoms with E-state index in [1.165, 1.54) is 23.1 Å². The van der Waals surface area contributed by atoms with Crippen molar-refractivity contribution in [2.45, 2.75) is 12.6 Å². The van der Waals surface area contributed by atoms with Crippen LogP contribution in [0.15, 0.2) is 60.7 Å². The summed E-state index contributed by atoms with van der Waals surface area (Å²) in [5.41, 5.74) is 1.95. The van der Waals surface area contributed by atoms with E-state index in [1.807, 2.05) is 0 Å². The summed E-state index contributed by atoms with van der Waals surface area (Å²) in [5.74, 6) is -0.0169. The molecule has 41 heavy (non-hydrogen) atoms. The number of hydrogen-bond acceptors (Lipinski definition) is 6. The van der Waals surface area contributed by atoms with Gasteiger partial charge in [-0.3, -0.25) is 9.69 Å². The van der Waals surface area contributed by atoms with Gasteiger partial charge in [0.05, 0.1) is 24.7 Å². The second-order valence-electron chi connectivity index (χ2n) is 9.22. The minimum atomic E-state index is -0.570. The van der Waals surface area contributed by atoms with Crippen LogP contribution >= 0.6 is 23.2 Å². The molecule has 0 aromatic heterocycles. The van der Waals surface area contributed by atoms with Gasteiger partial charge in [-0.15, -0.1) is 0 Å². The highest BCUT2D eigenvalue weighted by molar-refractivity contribution is 6.31. The van der Waals surface area contributed by atoms with E-state index in [1.54, 1.807) is 47.4 Å². The molecule has 4 amide bonds. The number of nitrogens with zero attached hydrogens (tertiary/aromatic N) is 2. The van der Waals surface area contributed by atoms with Gasteiger partial charge in [0, 0.05) is 41.1 Å². The van der Waals surface area contributed by atoms with Crippen molar-refractivity contribution in [3.8, 4) is 11.5 Å². The number of carbonyl (C=O) groups excluding carboxylic acids is 3. The minimum Gasteiger partial charge on any atom is -0.457 e. The quantitative estimate of drug-likeness (QED) is 0.371. The van der Waals surface area contributed by atoms with Crippen LogP contribution in [0, 0.1) is 5.82 Å². The van der Waals surface area contributed by atoms with Crippen molar-refractivity contribution in [1.29, 1.82) is 0 Å². The monoisotopic (exact) mass is 602 g/mol. The van der Waals surface area contributed by atoms with E-state index in [-0.39, 0.29) is 37.2 Å². The number of halogens is 3. The van der Waals surface area contributed by atoms with Gasteiger partial charge in [-0.1, -0.05) is 29.3 Å². The van der Waals surface area contributed by atoms with E-state index in [0.717, 1.165) is 5.69 Å². The van der Waals surface area contributed by atoms with E-state index < -0.39 is 24.0 Å². The maximum absolute atomic E-state index is 13.5. The Labute approximate surface area is 244 Å². The molecule has 0 spiro atoms. The summed E-state index contributed by atoms with van der Waals surface area (Å²) >= 11 is 11.9. The van der Waals surface area contributed by atoms with Crippen LogP contribution in [0.5, 0.6) is 11.5 Å². The van der Waals surface area contributed by atoms with Gasteiger partial charge in [0.1, 0.15) is 30.0 Å². The van der Waals surface area contributed by atoms with Gasteiger partial charge in [-0.25, -0.2) is 14.0 Å². The van der Waals surface area contributed by atoms with Gasteiger partial charge in [0.15, 0.2) is 0 Å². The Morgan fingerprint density at radius 1 is 1.00 bits per heavy atom. The number of ether oxygens (including phenoxy) is 3. The summed E-state index contributed by atoms with van der Waals surface area (Å²) in [6.45, 7) is 1.41. The Hall–Kier alpha value is -4.06. The minimum absolute atomic E-state index is 0.0441. The largest absolute Gasteiger partial charge is 0.457 e. The van der Waals surface area contributed by atoms with Crippen LogP contribution in [0.1, 0.15) is 5.56 Å². The number of urea groups is 1. The molecule has 2 aliphatic heterocycles. The predicted molar refractivity (Wildman–Crippen MR) is 150 cm³/mol. The number of anilines is 2. The summed E-state index contributed by atoms with van der Waals surface area (Å²) in [5, 5.41) is 5.76. The molecule has 0 radical (unpaired) electrons. The number of nitrogens with one attached hydrogen (secondary N) is 2. The lowest BCUT2D eigenvalue weighted by atomic mass is 10.2. The predicted octanol–water partition coefficient (Wildman–Crippen LogP) is 5.11.